The van der Waals surface area contributed by atoms with Gasteiger partial charge in [0.05, 0.1) is 6.54 Å². The topological polar surface area (TPSA) is 115 Å². The van der Waals surface area contributed by atoms with Crippen LogP contribution in [0.25, 0.3) is 0 Å². The van der Waals surface area contributed by atoms with Gasteiger partial charge in [-0.25, -0.2) is 9.78 Å². The molecule has 28 heavy (non-hydrogen) atoms. The Bertz CT molecular complexity index is 1180. The lowest BCUT2D eigenvalue weighted by Gasteiger charge is -2.09. The van der Waals surface area contributed by atoms with Gasteiger partial charge >= 0.3 is 5.69 Å². The Morgan fingerprint density at radius 2 is 2.07 bits per heavy atom. The number of carbonyl (C=O) groups excluding carboxylic acids is 1. The molecule has 3 heterocycles. The van der Waals surface area contributed by atoms with Crippen LogP contribution in [0.5, 0.6) is 11.5 Å². The van der Waals surface area contributed by atoms with Crippen molar-refractivity contribution in [3.8, 4) is 11.5 Å². The summed E-state index contributed by atoms with van der Waals surface area (Å²) in [5.41, 5.74) is -0.0953. The number of nitrogens with one attached hydrogen (secondary N) is 2. The maximum atomic E-state index is 12.8. The van der Waals surface area contributed by atoms with Crippen molar-refractivity contribution >= 4 is 11.7 Å². The fourth-order valence-corrected chi connectivity index (χ4v) is 2.83. The summed E-state index contributed by atoms with van der Waals surface area (Å²) in [5.74, 6) is 0.841. The van der Waals surface area contributed by atoms with Gasteiger partial charge < -0.3 is 19.8 Å². The average molecular weight is 380 g/mol. The molecule has 0 saturated carbocycles. The second-order valence-corrected chi connectivity index (χ2v) is 6.21. The molecule has 1 aliphatic heterocycles. The van der Waals surface area contributed by atoms with Crippen molar-refractivity contribution in [2.24, 2.45) is 0 Å². The Morgan fingerprint density at radius 3 is 2.89 bits per heavy atom. The Labute approximate surface area is 158 Å². The summed E-state index contributed by atoms with van der Waals surface area (Å²) in [5, 5.41) is 2.59. The third kappa shape index (κ3) is 3.25. The summed E-state index contributed by atoms with van der Waals surface area (Å²) in [7, 11) is 0. The molecule has 1 amide bonds. The van der Waals surface area contributed by atoms with Crippen molar-refractivity contribution in [2.45, 2.75) is 13.5 Å². The van der Waals surface area contributed by atoms with Crippen molar-refractivity contribution in [3.05, 3.63) is 80.3 Å². The number of aryl methyl sites for hydroxylation is 1. The first-order chi connectivity index (χ1) is 13.5. The molecule has 0 bridgehead atoms. The van der Waals surface area contributed by atoms with E-state index >= 15 is 0 Å². The number of aromatic amines is 1. The van der Waals surface area contributed by atoms with Gasteiger partial charge in [-0.1, -0.05) is 12.1 Å². The van der Waals surface area contributed by atoms with Gasteiger partial charge in [0, 0.05) is 12.4 Å². The number of anilines is 1. The third-order valence-electron chi connectivity index (χ3n) is 4.32. The molecule has 142 valence electrons. The SMILES string of the molecule is Cc1cccnc1NC(=O)c1c[nH]c(=O)n(Cc2ccc3c(c2)OCO3)c1=O. The maximum absolute atomic E-state index is 12.8. The second-order valence-electron chi connectivity index (χ2n) is 6.21. The summed E-state index contributed by atoms with van der Waals surface area (Å²) < 4.78 is 11.5. The van der Waals surface area contributed by atoms with Crippen molar-refractivity contribution in [3.63, 3.8) is 0 Å². The van der Waals surface area contributed by atoms with Crippen LogP contribution in [0.3, 0.4) is 0 Å². The summed E-state index contributed by atoms with van der Waals surface area (Å²) in [6.45, 7) is 1.89. The Kier molecular flexibility index (Phi) is 4.40. The van der Waals surface area contributed by atoms with Gasteiger partial charge in [0.15, 0.2) is 11.5 Å². The molecule has 3 aromatic rings. The largest absolute Gasteiger partial charge is 0.454 e. The van der Waals surface area contributed by atoms with Gasteiger partial charge in [-0.2, -0.15) is 0 Å². The van der Waals surface area contributed by atoms with E-state index in [4.69, 9.17) is 9.47 Å². The molecule has 9 heteroatoms. The number of pyridine rings is 1. The van der Waals surface area contributed by atoms with Gasteiger partial charge in [0.25, 0.3) is 11.5 Å². The van der Waals surface area contributed by atoms with Crippen LogP contribution in [0, 0.1) is 6.92 Å². The zero-order chi connectivity index (χ0) is 19.7. The van der Waals surface area contributed by atoms with Crippen molar-refractivity contribution in [1.82, 2.24) is 14.5 Å². The standard InChI is InChI=1S/C19H16N4O5/c1-11-3-2-6-20-16(11)22-17(24)13-8-21-19(26)23(18(13)25)9-12-4-5-14-15(7-12)28-10-27-14/h2-8H,9-10H2,1H3,(H,21,26)(H,20,22,24). The van der Waals surface area contributed by atoms with Crippen LogP contribution in [0.2, 0.25) is 0 Å². The number of hydrogen-bond acceptors (Lipinski definition) is 6. The first kappa shape index (κ1) is 17.5. The molecule has 0 radical (unpaired) electrons. The molecule has 9 nitrogen and oxygen atoms in total. The molecule has 0 atom stereocenters. The quantitative estimate of drug-likeness (QED) is 0.704. The number of aromatic nitrogens is 3. The van der Waals surface area contributed by atoms with Gasteiger partial charge in [0.1, 0.15) is 11.4 Å². The minimum atomic E-state index is -0.701. The predicted molar refractivity (Wildman–Crippen MR) is 99.9 cm³/mol. The van der Waals surface area contributed by atoms with Crippen LogP contribution in [-0.2, 0) is 6.54 Å². The van der Waals surface area contributed by atoms with E-state index in [1.807, 2.05) is 0 Å². The van der Waals surface area contributed by atoms with Gasteiger partial charge in [-0.3, -0.25) is 14.2 Å². The van der Waals surface area contributed by atoms with Gasteiger partial charge in [-0.05, 0) is 36.2 Å². The van der Waals surface area contributed by atoms with E-state index in [-0.39, 0.29) is 18.9 Å². The summed E-state index contributed by atoms with van der Waals surface area (Å²) in [4.78, 5) is 44.0. The Balaban J connectivity index is 1.64. The number of ether oxygens (including phenoxy) is 2. The number of benzene rings is 1. The molecule has 2 N–H and O–H groups in total. The summed E-state index contributed by atoms with van der Waals surface area (Å²) in [6.07, 6.45) is 2.64. The number of nitrogens with zero attached hydrogens (tertiary/aromatic N) is 2. The van der Waals surface area contributed by atoms with E-state index in [2.05, 4.69) is 15.3 Å². The Morgan fingerprint density at radius 1 is 1.25 bits per heavy atom. The normalized spacial score (nSPS) is 12.0. The molecule has 0 aliphatic carbocycles. The van der Waals surface area contributed by atoms with E-state index in [1.165, 1.54) is 6.20 Å². The minimum absolute atomic E-state index is 0.0193. The highest BCUT2D eigenvalue weighted by atomic mass is 16.7. The van der Waals surface area contributed by atoms with E-state index < -0.39 is 17.2 Å². The first-order valence-corrected chi connectivity index (χ1v) is 8.47. The molecule has 1 aromatic carbocycles. The number of carbonyl (C=O) groups is 1. The van der Waals surface area contributed by atoms with Crippen LogP contribution in [0.15, 0.2) is 52.3 Å². The monoisotopic (exact) mass is 380 g/mol. The molecule has 0 saturated heterocycles. The molecule has 0 fully saturated rings. The zero-order valence-electron chi connectivity index (χ0n) is 14.9. The van der Waals surface area contributed by atoms with E-state index in [0.29, 0.717) is 22.9 Å². The number of rotatable bonds is 4. The summed E-state index contributed by atoms with van der Waals surface area (Å²) >= 11 is 0. The first-order valence-electron chi connectivity index (χ1n) is 8.47. The van der Waals surface area contributed by atoms with Crippen LogP contribution in [-0.4, -0.2) is 27.2 Å². The van der Waals surface area contributed by atoms with Gasteiger partial charge in [0.2, 0.25) is 6.79 Å². The molecule has 4 rings (SSSR count). The predicted octanol–water partition coefficient (Wildman–Crippen LogP) is 1.27. The molecular formula is C19H16N4O5. The molecule has 1 aliphatic rings. The highest BCUT2D eigenvalue weighted by Gasteiger charge is 2.18. The lowest BCUT2D eigenvalue weighted by atomic mass is 10.2. The smallest absolute Gasteiger partial charge is 0.328 e. The Hall–Kier alpha value is -3.88. The fraction of sp³-hybridized carbons (Fsp3) is 0.158. The maximum Gasteiger partial charge on any atom is 0.328 e. The molecule has 2 aromatic heterocycles. The third-order valence-corrected chi connectivity index (χ3v) is 4.32. The van der Waals surface area contributed by atoms with E-state index in [9.17, 15) is 14.4 Å². The second kappa shape index (κ2) is 7.03. The number of H-pyrrole nitrogens is 1. The molecule has 0 unspecified atom stereocenters. The summed E-state index contributed by atoms with van der Waals surface area (Å²) in [6, 6.07) is 8.65. The van der Waals surface area contributed by atoms with Crippen LogP contribution < -0.4 is 26.0 Å². The van der Waals surface area contributed by atoms with Crippen molar-refractivity contribution in [2.75, 3.05) is 12.1 Å². The van der Waals surface area contributed by atoms with Gasteiger partial charge in [-0.15, -0.1) is 0 Å². The molecule has 0 spiro atoms. The lowest BCUT2D eigenvalue weighted by Crippen LogP contribution is -2.39. The van der Waals surface area contributed by atoms with Crippen LogP contribution in [0.1, 0.15) is 21.5 Å². The van der Waals surface area contributed by atoms with Crippen molar-refractivity contribution < 1.29 is 14.3 Å². The van der Waals surface area contributed by atoms with Crippen LogP contribution in [0.4, 0.5) is 5.82 Å². The highest BCUT2D eigenvalue weighted by Crippen LogP contribution is 2.32. The zero-order valence-corrected chi connectivity index (χ0v) is 14.9. The molecular weight excluding hydrogens is 364 g/mol. The minimum Gasteiger partial charge on any atom is -0.454 e. The number of amides is 1. The number of hydrogen-bond donors (Lipinski definition) is 2. The van der Waals surface area contributed by atoms with E-state index in [1.54, 1.807) is 37.3 Å². The number of fused-ring (bicyclic) bond motifs is 1. The van der Waals surface area contributed by atoms with Crippen molar-refractivity contribution in [1.29, 1.82) is 0 Å². The van der Waals surface area contributed by atoms with E-state index in [0.717, 1.165) is 16.3 Å². The average Bonchev–Trinajstić information content (AvgIpc) is 3.14. The fourth-order valence-electron chi connectivity index (χ4n) is 2.83. The lowest BCUT2D eigenvalue weighted by molar-refractivity contribution is 0.102. The van der Waals surface area contributed by atoms with Crippen LogP contribution >= 0.6 is 0 Å². The highest BCUT2D eigenvalue weighted by molar-refractivity contribution is 6.03.